The van der Waals surface area contributed by atoms with E-state index < -0.39 is 0 Å². The van der Waals surface area contributed by atoms with Crippen molar-refractivity contribution >= 4 is 12.2 Å². The van der Waals surface area contributed by atoms with E-state index in [1.807, 2.05) is 38.1 Å². The number of allylic oxidation sites excluding steroid dienone is 2. The Kier molecular flexibility index (Phi) is 7.19. The molecule has 1 aromatic rings. The van der Waals surface area contributed by atoms with Crippen LogP contribution in [0.5, 0.6) is 0 Å². The molecule has 0 aliphatic heterocycles. The van der Waals surface area contributed by atoms with Crippen molar-refractivity contribution in [2.24, 2.45) is 0 Å². The van der Waals surface area contributed by atoms with Crippen molar-refractivity contribution in [1.29, 1.82) is 5.26 Å². The summed E-state index contributed by atoms with van der Waals surface area (Å²) in [6.45, 7) is 11.3. The van der Waals surface area contributed by atoms with Gasteiger partial charge < -0.3 is 0 Å². The van der Waals surface area contributed by atoms with Gasteiger partial charge >= 0.3 is 0 Å². The first-order valence-electron chi connectivity index (χ1n) is 5.27. The van der Waals surface area contributed by atoms with Crippen LogP contribution in [-0.2, 0) is 0 Å². The molecule has 0 unspecified atom stereocenters. The first kappa shape index (κ1) is 13.9. The fourth-order valence-corrected chi connectivity index (χ4v) is 1.19. The van der Waals surface area contributed by atoms with Crippen LogP contribution in [0.3, 0.4) is 0 Å². The van der Waals surface area contributed by atoms with Crippen molar-refractivity contribution < 1.29 is 0 Å². The van der Waals surface area contributed by atoms with Gasteiger partial charge in [0.05, 0.1) is 11.6 Å². The third kappa shape index (κ3) is 3.98. The van der Waals surface area contributed by atoms with Gasteiger partial charge in [0.25, 0.3) is 0 Å². The van der Waals surface area contributed by atoms with Crippen LogP contribution in [0, 0.1) is 11.3 Å². The molecule has 0 aliphatic carbocycles. The van der Waals surface area contributed by atoms with E-state index in [1.165, 1.54) is 0 Å². The SMILES string of the molecule is C=C/C=c1/ccc(C#N)c/c1=C/C=C.CC. The Bertz CT molecular complexity index is 501. The van der Waals surface area contributed by atoms with Gasteiger partial charge in [-0.25, -0.2) is 0 Å². The summed E-state index contributed by atoms with van der Waals surface area (Å²) in [5.41, 5.74) is 0.652. The van der Waals surface area contributed by atoms with E-state index in [2.05, 4.69) is 19.2 Å². The molecular formula is C15H17N. The summed E-state index contributed by atoms with van der Waals surface area (Å²) < 4.78 is 0. The van der Waals surface area contributed by atoms with Gasteiger partial charge in [0.15, 0.2) is 0 Å². The van der Waals surface area contributed by atoms with Gasteiger partial charge in [-0.1, -0.05) is 57.4 Å². The van der Waals surface area contributed by atoms with Crippen LogP contribution >= 0.6 is 0 Å². The van der Waals surface area contributed by atoms with E-state index in [4.69, 9.17) is 5.26 Å². The monoisotopic (exact) mass is 211 g/mol. The lowest BCUT2D eigenvalue weighted by molar-refractivity contribution is 1.44. The zero-order valence-corrected chi connectivity index (χ0v) is 9.90. The highest BCUT2D eigenvalue weighted by atomic mass is 14.2. The first-order valence-corrected chi connectivity index (χ1v) is 5.27. The van der Waals surface area contributed by atoms with Gasteiger partial charge in [0, 0.05) is 0 Å². The van der Waals surface area contributed by atoms with Gasteiger partial charge in [-0.15, -0.1) is 0 Å². The van der Waals surface area contributed by atoms with Crippen molar-refractivity contribution in [3.8, 4) is 6.07 Å². The van der Waals surface area contributed by atoms with Crippen molar-refractivity contribution in [3.63, 3.8) is 0 Å². The molecule has 1 aromatic carbocycles. The number of rotatable bonds is 2. The molecule has 0 aromatic heterocycles. The Morgan fingerprint density at radius 3 is 2.12 bits per heavy atom. The maximum atomic E-state index is 8.73. The Morgan fingerprint density at radius 1 is 1.06 bits per heavy atom. The number of nitrogens with zero attached hydrogens (tertiary/aromatic N) is 1. The van der Waals surface area contributed by atoms with Crippen molar-refractivity contribution in [2.75, 3.05) is 0 Å². The molecule has 0 fully saturated rings. The summed E-state index contributed by atoms with van der Waals surface area (Å²) >= 11 is 0. The average molecular weight is 211 g/mol. The molecule has 0 heterocycles. The summed E-state index contributed by atoms with van der Waals surface area (Å²) in [5.74, 6) is 0. The summed E-state index contributed by atoms with van der Waals surface area (Å²) in [5, 5.41) is 10.8. The van der Waals surface area contributed by atoms with Crippen LogP contribution in [0.15, 0.2) is 43.5 Å². The van der Waals surface area contributed by atoms with Gasteiger partial charge in [0.1, 0.15) is 0 Å². The molecule has 16 heavy (non-hydrogen) atoms. The Hall–Kier alpha value is -2.07. The fraction of sp³-hybridized carbons (Fsp3) is 0.133. The maximum Gasteiger partial charge on any atom is 0.0991 e. The van der Waals surface area contributed by atoms with Gasteiger partial charge in [-0.3, -0.25) is 0 Å². The smallest absolute Gasteiger partial charge is 0.0991 e. The average Bonchev–Trinajstić information content (AvgIpc) is 2.34. The third-order valence-corrected chi connectivity index (χ3v) is 1.81. The van der Waals surface area contributed by atoms with Gasteiger partial charge in [-0.05, 0) is 22.6 Å². The predicted octanol–water partition coefficient (Wildman–Crippen LogP) is 2.52. The molecular weight excluding hydrogens is 194 g/mol. The highest BCUT2D eigenvalue weighted by Crippen LogP contribution is 1.87. The molecule has 0 amide bonds. The summed E-state index contributed by atoms with van der Waals surface area (Å²) in [4.78, 5) is 0. The number of benzene rings is 1. The molecule has 0 saturated carbocycles. The third-order valence-electron chi connectivity index (χ3n) is 1.81. The number of hydrogen-bond acceptors (Lipinski definition) is 1. The zero-order valence-electron chi connectivity index (χ0n) is 9.90. The molecule has 0 saturated heterocycles. The fourth-order valence-electron chi connectivity index (χ4n) is 1.19. The second-order valence-corrected chi connectivity index (χ2v) is 2.76. The number of nitriles is 1. The van der Waals surface area contributed by atoms with Crippen molar-refractivity contribution in [2.45, 2.75) is 13.8 Å². The molecule has 0 radical (unpaired) electrons. The molecule has 1 nitrogen and oxygen atoms in total. The largest absolute Gasteiger partial charge is 0.192 e. The van der Waals surface area contributed by atoms with E-state index in [0.29, 0.717) is 5.56 Å². The molecule has 0 aliphatic rings. The van der Waals surface area contributed by atoms with Crippen LogP contribution in [0.1, 0.15) is 19.4 Å². The Balaban J connectivity index is 0.00000106. The van der Waals surface area contributed by atoms with Crippen molar-refractivity contribution in [3.05, 3.63) is 59.5 Å². The van der Waals surface area contributed by atoms with Crippen LogP contribution in [0.25, 0.3) is 12.2 Å². The topological polar surface area (TPSA) is 23.8 Å². The van der Waals surface area contributed by atoms with Crippen molar-refractivity contribution in [1.82, 2.24) is 0 Å². The van der Waals surface area contributed by atoms with Crippen LogP contribution in [0.4, 0.5) is 0 Å². The van der Waals surface area contributed by atoms with Gasteiger partial charge in [0.2, 0.25) is 0 Å². The second-order valence-electron chi connectivity index (χ2n) is 2.76. The van der Waals surface area contributed by atoms with E-state index in [0.717, 1.165) is 10.4 Å². The minimum absolute atomic E-state index is 0.652. The van der Waals surface area contributed by atoms with Crippen LogP contribution in [0.2, 0.25) is 0 Å². The molecule has 0 spiro atoms. The summed E-state index contributed by atoms with van der Waals surface area (Å²) in [6, 6.07) is 7.62. The molecule has 0 bridgehead atoms. The van der Waals surface area contributed by atoms with Gasteiger partial charge in [-0.2, -0.15) is 5.26 Å². The lowest BCUT2D eigenvalue weighted by atomic mass is 10.1. The molecule has 82 valence electrons. The molecule has 0 atom stereocenters. The van der Waals surface area contributed by atoms with E-state index in [-0.39, 0.29) is 0 Å². The zero-order chi connectivity index (χ0) is 12.4. The predicted molar refractivity (Wildman–Crippen MR) is 71.1 cm³/mol. The minimum atomic E-state index is 0.652. The highest BCUT2D eigenvalue weighted by molar-refractivity contribution is 5.45. The standard InChI is InChI=1S/C13H11N.C2H6/c1-3-5-12-8-7-11(10-14)9-13(12)6-4-2;1-2/h3-9H,1-2H2;1-2H3/b12-5-,13-6-;. The Morgan fingerprint density at radius 2 is 1.62 bits per heavy atom. The molecule has 1 rings (SSSR count). The molecule has 1 heteroatoms. The normalized spacial score (nSPS) is 11.1. The lowest BCUT2D eigenvalue weighted by Gasteiger charge is -1.90. The lowest BCUT2D eigenvalue weighted by Crippen LogP contribution is -2.23. The quantitative estimate of drug-likeness (QED) is 0.737. The second kappa shape index (κ2) is 8.26. The minimum Gasteiger partial charge on any atom is -0.192 e. The van der Waals surface area contributed by atoms with E-state index in [9.17, 15) is 0 Å². The first-order chi connectivity index (χ1) is 7.81. The molecule has 0 N–H and O–H groups in total. The Labute approximate surface area is 97.4 Å². The van der Waals surface area contributed by atoms with Crippen LogP contribution in [-0.4, -0.2) is 0 Å². The number of hydrogen-bond donors (Lipinski definition) is 0. The van der Waals surface area contributed by atoms with E-state index in [1.54, 1.807) is 18.2 Å². The maximum absolute atomic E-state index is 8.73. The van der Waals surface area contributed by atoms with Crippen LogP contribution < -0.4 is 10.4 Å². The summed E-state index contributed by atoms with van der Waals surface area (Å²) in [7, 11) is 0. The van der Waals surface area contributed by atoms with E-state index >= 15 is 0 Å². The summed E-state index contributed by atoms with van der Waals surface area (Å²) in [6.07, 6.45) is 7.20. The highest BCUT2D eigenvalue weighted by Gasteiger charge is 1.88.